The van der Waals surface area contributed by atoms with E-state index in [1.807, 2.05) is 42.5 Å². The van der Waals surface area contributed by atoms with Gasteiger partial charge in [-0.2, -0.15) is 0 Å². The summed E-state index contributed by atoms with van der Waals surface area (Å²) in [6, 6.07) is 9.88. The van der Waals surface area contributed by atoms with Crippen LogP contribution in [0, 0.1) is 0 Å². The number of allylic oxidation sites excluding steroid dienone is 1. The average molecular weight is 301 g/mol. The van der Waals surface area contributed by atoms with Gasteiger partial charge in [0.15, 0.2) is 0 Å². The van der Waals surface area contributed by atoms with Crippen LogP contribution >= 0.6 is 0 Å². The minimum Gasteiger partial charge on any atom is -0.480 e. The Morgan fingerprint density at radius 2 is 1.82 bits per heavy atom. The molecule has 2 N–H and O–H groups in total. The van der Waals surface area contributed by atoms with Gasteiger partial charge in [0.2, 0.25) is 5.91 Å². The first-order valence-electron chi connectivity index (χ1n) is 7.88. The van der Waals surface area contributed by atoms with Crippen LogP contribution in [0.5, 0.6) is 0 Å². The van der Waals surface area contributed by atoms with Gasteiger partial charge in [-0.05, 0) is 24.8 Å². The summed E-state index contributed by atoms with van der Waals surface area (Å²) in [5.41, 5.74) is 0.0514. The molecule has 118 valence electrons. The third-order valence-electron chi connectivity index (χ3n) is 4.14. The van der Waals surface area contributed by atoms with Crippen LogP contribution in [0.4, 0.5) is 0 Å². The smallest absolute Gasteiger partial charge is 0.329 e. The minimum atomic E-state index is -1.04. The number of hydrogen-bond acceptors (Lipinski definition) is 2. The molecule has 22 heavy (non-hydrogen) atoms. The van der Waals surface area contributed by atoms with Crippen molar-refractivity contribution < 1.29 is 14.7 Å². The third-order valence-corrected chi connectivity index (χ3v) is 4.14. The fourth-order valence-corrected chi connectivity index (χ4v) is 2.88. The summed E-state index contributed by atoms with van der Waals surface area (Å²) in [6.07, 6.45) is 8.69. The van der Waals surface area contributed by atoms with E-state index in [9.17, 15) is 14.7 Å². The van der Waals surface area contributed by atoms with Crippen LogP contribution in [0.25, 0.3) is 6.08 Å². The second-order valence-electron chi connectivity index (χ2n) is 5.85. The van der Waals surface area contributed by atoms with Gasteiger partial charge in [0, 0.05) is 6.42 Å². The Kier molecular flexibility index (Phi) is 5.75. The quantitative estimate of drug-likeness (QED) is 0.846. The molecule has 1 amide bonds. The van der Waals surface area contributed by atoms with Crippen molar-refractivity contribution in [2.45, 2.75) is 50.5 Å². The van der Waals surface area contributed by atoms with Gasteiger partial charge in [-0.15, -0.1) is 0 Å². The highest BCUT2D eigenvalue weighted by molar-refractivity contribution is 5.87. The Morgan fingerprint density at radius 3 is 2.45 bits per heavy atom. The normalized spacial score (nSPS) is 17.3. The molecule has 0 aliphatic heterocycles. The van der Waals surface area contributed by atoms with E-state index in [1.54, 1.807) is 0 Å². The zero-order valence-corrected chi connectivity index (χ0v) is 12.8. The highest BCUT2D eigenvalue weighted by atomic mass is 16.4. The van der Waals surface area contributed by atoms with E-state index in [0.29, 0.717) is 25.7 Å². The van der Waals surface area contributed by atoms with E-state index < -0.39 is 11.5 Å². The Labute approximate surface area is 131 Å². The Bertz CT molecular complexity index is 531. The van der Waals surface area contributed by atoms with Gasteiger partial charge in [-0.3, -0.25) is 4.79 Å². The molecule has 1 aliphatic carbocycles. The lowest BCUT2D eigenvalue weighted by molar-refractivity contribution is -0.149. The van der Waals surface area contributed by atoms with Crippen LogP contribution in [0.2, 0.25) is 0 Å². The van der Waals surface area contributed by atoms with Crippen molar-refractivity contribution in [2.75, 3.05) is 0 Å². The number of rotatable bonds is 6. The number of carboxylic acids is 1. The molecule has 1 aliphatic rings. The average Bonchev–Trinajstić information content (AvgIpc) is 2.53. The van der Waals surface area contributed by atoms with Crippen molar-refractivity contribution in [2.24, 2.45) is 0 Å². The third kappa shape index (κ3) is 4.45. The number of amides is 1. The molecule has 4 nitrogen and oxygen atoms in total. The molecular weight excluding hydrogens is 278 g/mol. The Hall–Kier alpha value is -2.10. The summed E-state index contributed by atoms with van der Waals surface area (Å²) in [5.74, 6) is -1.08. The fraction of sp³-hybridized carbons (Fsp3) is 0.444. The number of carbonyl (C=O) groups excluding carboxylic acids is 1. The molecule has 1 saturated carbocycles. The number of carbonyl (C=O) groups is 2. The van der Waals surface area contributed by atoms with Crippen LogP contribution in [-0.2, 0) is 9.59 Å². The summed E-state index contributed by atoms with van der Waals surface area (Å²) in [5, 5.41) is 12.2. The van der Waals surface area contributed by atoms with Crippen molar-refractivity contribution in [3.05, 3.63) is 42.0 Å². The molecule has 0 heterocycles. The van der Waals surface area contributed by atoms with Crippen LogP contribution < -0.4 is 5.32 Å². The number of aliphatic carboxylic acids is 1. The number of carboxylic acid groups (broad SMARTS) is 1. The summed E-state index contributed by atoms with van der Waals surface area (Å²) < 4.78 is 0. The highest BCUT2D eigenvalue weighted by Crippen LogP contribution is 2.28. The van der Waals surface area contributed by atoms with Crippen molar-refractivity contribution in [3.63, 3.8) is 0 Å². The maximum atomic E-state index is 12.0. The molecule has 0 saturated heterocycles. The SMILES string of the molecule is O=C(CC/C=C/c1ccccc1)NC1(C(=O)O)CCCCC1. The summed E-state index contributed by atoms with van der Waals surface area (Å²) in [6.45, 7) is 0. The first-order chi connectivity index (χ1) is 10.6. The second-order valence-corrected chi connectivity index (χ2v) is 5.85. The predicted molar refractivity (Wildman–Crippen MR) is 86.3 cm³/mol. The molecule has 2 rings (SSSR count). The molecule has 0 atom stereocenters. The van der Waals surface area contributed by atoms with Gasteiger partial charge >= 0.3 is 5.97 Å². The molecular formula is C18H23NO3. The van der Waals surface area contributed by atoms with E-state index in [2.05, 4.69) is 5.32 Å². The molecule has 0 aromatic heterocycles. The zero-order chi connectivity index (χ0) is 15.8. The lowest BCUT2D eigenvalue weighted by atomic mass is 9.81. The van der Waals surface area contributed by atoms with Crippen LogP contribution in [-0.4, -0.2) is 22.5 Å². The van der Waals surface area contributed by atoms with Gasteiger partial charge in [0.1, 0.15) is 5.54 Å². The maximum absolute atomic E-state index is 12.0. The van der Waals surface area contributed by atoms with Gasteiger partial charge in [0.05, 0.1) is 0 Å². The first-order valence-corrected chi connectivity index (χ1v) is 7.88. The molecule has 0 radical (unpaired) electrons. The first kappa shape index (κ1) is 16.3. The van der Waals surface area contributed by atoms with E-state index in [4.69, 9.17) is 0 Å². The maximum Gasteiger partial charge on any atom is 0.329 e. The van der Waals surface area contributed by atoms with Crippen molar-refractivity contribution in [1.29, 1.82) is 0 Å². The fourth-order valence-electron chi connectivity index (χ4n) is 2.88. The monoisotopic (exact) mass is 301 g/mol. The van der Waals surface area contributed by atoms with E-state index in [0.717, 1.165) is 24.8 Å². The minimum absolute atomic E-state index is 0.179. The standard InChI is InChI=1S/C18H23NO3/c20-16(12-6-5-11-15-9-3-1-4-10-15)19-18(17(21)22)13-7-2-8-14-18/h1,3-5,9-11H,2,6-8,12-14H2,(H,19,20)(H,21,22)/b11-5+. The van der Waals surface area contributed by atoms with Gasteiger partial charge in [-0.25, -0.2) is 4.79 Å². The predicted octanol–water partition coefficient (Wildman–Crippen LogP) is 3.38. The lowest BCUT2D eigenvalue weighted by Gasteiger charge is -2.33. The number of nitrogens with one attached hydrogen (secondary N) is 1. The van der Waals surface area contributed by atoms with Crippen molar-refractivity contribution in [1.82, 2.24) is 5.32 Å². The molecule has 1 aromatic rings. The van der Waals surface area contributed by atoms with Gasteiger partial charge < -0.3 is 10.4 Å². The molecule has 1 fully saturated rings. The van der Waals surface area contributed by atoms with Crippen LogP contribution in [0.15, 0.2) is 36.4 Å². The summed E-state index contributed by atoms with van der Waals surface area (Å²) in [7, 11) is 0. The Balaban J connectivity index is 1.82. The van der Waals surface area contributed by atoms with Gasteiger partial charge in [-0.1, -0.05) is 61.7 Å². The molecule has 0 unspecified atom stereocenters. The topological polar surface area (TPSA) is 66.4 Å². The summed E-state index contributed by atoms with van der Waals surface area (Å²) >= 11 is 0. The molecule has 1 aromatic carbocycles. The summed E-state index contributed by atoms with van der Waals surface area (Å²) in [4.78, 5) is 23.5. The molecule has 0 spiro atoms. The molecule has 0 bridgehead atoms. The number of benzene rings is 1. The molecule has 4 heteroatoms. The van der Waals surface area contributed by atoms with Crippen molar-refractivity contribution in [3.8, 4) is 0 Å². The largest absolute Gasteiger partial charge is 0.480 e. The van der Waals surface area contributed by atoms with Gasteiger partial charge in [0.25, 0.3) is 0 Å². The van der Waals surface area contributed by atoms with Crippen LogP contribution in [0.1, 0.15) is 50.5 Å². The Morgan fingerprint density at radius 1 is 1.14 bits per heavy atom. The lowest BCUT2D eigenvalue weighted by Crippen LogP contribution is -2.55. The van der Waals surface area contributed by atoms with Crippen LogP contribution in [0.3, 0.4) is 0 Å². The van der Waals surface area contributed by atoms with E-state index >= 15 is 0 Å². The number of hydrogen-bond donors (Lipinski definition) is 2. The highest BCUT2D eigenvalue weighted by Gasteiger charge is 2.40. The van der Waals surface area contributed by atoms with E-state index in [1.165, 1.54) is 0 Å². The second kappa shape index (κ2) is 7.78. The van der Waals surface area contributed by atoms with E-state index in [-0.39, 0.29) is 5.91 Å². The van der Waals surface area contributed by atoms with Crippen molar-refractivity contribution >= 4 is 18.0 Å². The zero-order valence-electron chi connectivity index (χ0n) is 12.8.